The van der Waals surface area contributed by atoms with Gasteiger partial charge in [0, 0.05) is 6.61 Å². The summed E-state index contributed by atoms with van der Waals surface area (Å²) in [7, 11) is 0. The highest BCUT2D eigenvalue weighted by atomic mass is 16.5. The molecule has 0 amide bonds. The van der Waals surface area contributed by atoms with Gasteiger partial charge in [-0.15, -0.1) is 0 Å². The van der Waals surface area contributed by atoms with E-state index in [1.165, 1.54) is 0 Å². The van der Waals surface area contributed by atoms with Crippen molar-refractivity contribution >= 4 is 6.29 Å². The van der Waals surface area contributed by atoms with Crippen LogP contribution in [0.15, 0.2) is 0 Å². The van der Waals surface area contributed by atoms with Crippen molar-refractivity contribution < 1.29 is 14.6 Å². The van der Waals surface area contributed by atoms with E-state index in [-0.39, 0.29) is 0 Å². The maximum atomic E-state index is 10.4. The van der Waals surface area contributed by atoms with Crippen LogP contribution in [0.25, 0.3) is 0 Å². The molecule has 0 aliphatic carbocycles. The summed E-state index contributed by atoms with van der Waals surface area (Å²) in [6.45, 7) is 2.19. The highest BCUT2D eigenvalue weighted by molar-refractivity contribution is 5.63. The molecule has 58 valence electrons. The van der Waals surface area contributed by atoms with Crippen LogP contribution in [0.2, 0.25) is 0 Å². The fourth-order valence-electron chi connectivity index (χ4n) is 1.06. The second-order valence-electron chi connectivity index (χ2n) is 2.81. The summed E-state index contributed by atoms with van der Waals surface area (Å²) in [5.41, 5.74) is -0.946. The molecule has 3 nitrogen and oxygen atoms in total. The van der Waals surface area contributed by atoms with Gasteiger partial charge in [0.25, 0.3) is 0 Å². The third-order valence-electron chi connectivity index (χ3n) is 1.93. The molecular formula is C7H12O3. The molecule has 1 saturated heterocycles. The van der Waals surface area contributed by atoms with Gasteiger partial charge in [-0.3, -0.25) is 0 Å². The first-order chi connectivity index (χ1) is 4.69. The van der Waals surface area contributed by atoms with E-state index >= 15 is 0 Å². The van der Waals surface area contributed by atoms with Crippen molar-refractivity contribution in [3.05, 3.63) is 0 Å². The number of carbonyl (C=O) groups is 1. The van der Waals surface area contributed by atoms with Gasteiger partial charge in [0.15, 0.2) is 6.29 Å². The number of carbonyl (C=O) groups excluding carboxylic acids is 1. The van der Waals surface area contributed by atoms with E-state index in [9.17, 15) is 9.90 Å². The lowest BCUT2D eigenvalue weighted by molar-refractivity contribution is -0.158. The Hall–Kier alpha value is -0.410. The number of hydrogen-bond acceptors (Lipinski definition) is 3. The SMILES string of the molecule is CC1(C=O)OCCCC1O. The van der Waals surface area contributed by atoms with Crippen LogP contribution in [-0.2, 0) is 9.53 Å². The first kappa shape index (κ1) is 7.69. The van der Waals surface area contributed by atoms with Crippen LogP contribution in [0.3, 0.4) is 0 Å². The number of hydrogen-bond donors (Lipinski definition) is 1. The third-order valence-corrected chi connectivity index (χ3v) is 1.93. The fourth-order valence-corrected chi connectivity index (χ4v) is 1.06. The molecule has 0 spiro atoms. The second-order valence-corrected chi connectivity index (χ2v) is 2.81. The van der Waals surface area contributed by atoms with Crippen molar-refractivity contribution in [1.29, 1.82) is 0 Å². The zero-order chi connectivity index (χ0) is 7.61. The molecule has 1 N–H and O–H groups in total. The monoisotopic (exact) mass is 144 g/mol. The lowest BCUT2D eigenvalue weighted by atomic mass is 9.94. The molecule has 0 aromatic heterocycles. The summed E-state index contributed by atoms with van der Waals surface area (Å²) in [5, 5.41) is 9.27. The van der Waals surface area contributed by atoms with Crippen LogP contribution >= 0.6 is 0 Å². The molecule has 0 bridgehead atoms. The fraction of sp³-hybridized carbons (Fsp3) is 0.857. The van der Waals surface area contributed by atoms with Crippen molar-refractivity contribution in [2.45, 2.75) is 31.5 Å². The number of aliphatic hydroxyl groups excluding tert-OH is 1. The Labute approximate surface area is 60.0 Å². The largest absolute Gasteiger partial charge is 0.390 e. The quantitative estimate of drug-likeness (QED) is 0.531. The highest BCUT2D eigenvalue weighted by Crippen LogP contribution is 2.22. The average molecular weight is 144 g/mol. The van der Waals surface area contributed by atoms with Crippen LogP contribution in [0.5, 0.6) is 0 Å². The van der Waals surface area contributed by atoms with Crippen molar-refractivity contribution in [3.63, 3.8) is 0 Å². The Bertz CT molecular complexity index is 135. The second kappa shape index (κ2) is 2.68. The van der Waals surface area contributed by atoms with E-state index in [2.05, 4.69) is 0 Å². The van der Waals surface area contributed by atoms with E-state index < -0.39 is 11.7 Å². The standard InChI is InChI=1S/C7H12O3/c1-7(5-8)6(9)3-2-4-10-7/h5-6,9H,2-4H2,1H3. The molecule has 1 fully saturated rings. The van der Waals surface area contributed by atoms with Crippen LogP contribution in [-0.4, -0.2) is 29.7 Å². The number of aliphatic hydroxyl groups is 1. The summed E-state index contributed by atoms with van der Waals surface area (Å²) in [6, 6.07) is 0. The lowest BCUT2D eigenvalue weighted by Gasteiger charge is -2.33. The molecule has 2 unspecified atom stereocenters. The molecular weight excluding hydrogens is 132 g/mol. The molecule has 2 atom stereocenters. The third kappa shape index (κ3) is 1.20. The minimum atomic E-state index is -0.946. The van der Waals surface area contributed by atoms with E-state index in [0.717, 1.165) is 6.42 Å². The van der Waals surface area contributed by atoms with Crippen LogP contribution in [0, 0.1) is 0 Å². The maximum Gasteiger partial charge on any atom is 0.154 e. The summed E-state index contributed by atoms with van der Waals surface area (Å²) in [5.74, 6) is 0. The van der Waals surface area contributed by atoms with E-state index in [1.807, 2.05) is 0 Å². The van der Waals surface area contributed by atoms with Gasteiger partial charge >= 0.3 is 0 Å². The molecule has 0 radical (unpaired) electrons. The Morgan fingerprint density at radius 1 is 1.80 bits per heavy atom. The highest BCUT2D eigenvalue weighted by Gasteiger charge is 2.36. The van der Waals surface area contributed by atoms with E-state index in [1.54, 1.807) is 6.92 Å². The van der Waals surface area contributed by atoms with Crippen LogP contribution in [0.4, 0.5) is 0 Å². The summed E-state index contributed by atoms with van der Waals surface area (Å²) in [6.07, 6.45) is 1.55. The van der Waals surface area contributed by atoms with Gasteiger partial charge in [0.1, 0.15) is 5.60 Å². The normalized spacial score (nSPS) is 41.2. The molecule has 0 aromatic rings. The molecule has 1 aliphatic heterocycles. The molecule has 0 aromatic carbocycles. The van der Waals surface area contributed by atoms with Crippen LogP contribution in [0.1, 0.15) is 19.8 Å². The maximum absolute atomic E-state index is 10.4. The summed E-state index contributed by atoms with van der Waals surface area (Å²) in [4.78, 5) is 10.4. The molecule has 0 saturated carbocycles. The smallest absolute Gasteiger partial charge is 0.154 e. The molecule has 3 heteroatoms. The van der Waals surface area contributed by atoms with E-state index in [0.29, 0.717) is 19.3 Å². The van der Waals surface area contributed by atoms with Gasteiger partial charge in [-0.25, -0.2) is 0 Å². The molecule has 1 rings (SSSR count). The van der Waals surface area contributed by atoms with Gasteiger partial charge in [-0.1, -0.05) is 0 Å². The van der Waals surface area contributed by atoms with Gasteiger partial charge in [0.05, 0.1) is 6.10 Å². The van der Waals surface area contributed by atoms with E-state index in [4.69, 9.17) is 4.74 Å². The Kier molecular flexibility index (Phi) is 2.06. The molecule has 10 heavy (non-hydrogen) atoms. The summed E-state index contributed by atoms with van der Waals surface area (Å²) < 4.78 is 5.11. The summed E-state index contributed by atoms with van der Waals surface area (Å²) >= 11 is 0. The topological polar surface area (TPSA) is 46.5 Å². The van der Waals surface area contributed by atoms with Gasteiger partial charge < -0.3 is 14.6 Å². The van der Waals surface area contributed by atoms with Gasteiger partial charge in [0.2, 0.25) is 0 Å². The van der Waals surface area contributed by atoms with Crippen LogP contribution < -0.4 is 0 Å². The Balaban J connectivity index is 2.62. The zero-order valence-corrected chi connectivity index (χ0v) is 6.04. The molecule has 1 heterocycles. The van der Waals surface area contributed by atoms with Gasteiger partial charge in [-0.05, 0) is 19.8 Å². The average Bonchev–Trinajstić information content (AvgIpc) is 1.96. The van der Waals surface area contributed by atoms with Crippen molar-refractivity contribution in [2.75, 3.05) is 6.61 Å². The minimum Gasteiger partial charge on any atom is -0.390 e. The number of rotatable bonds is 1. The lowest BCUT2D eigenvalue weighted by Crippen LogP contribution is -2.47. The molecule has 1 aliphatic rings. The van der Waals surface area contributed by atoms with Crippen molar-refractivity contribution in [3.8, 4) is 0 Å². The predicted molar refractivity (Wildman–Crippen MR) is 35.7 cm³/mol. The first-order valence-electron chi connectivity index (χ1n) is 3.47. The minimum absolute atomic E-state index is 0.576. The Morgan fingerprint density at radius 2 is 2.50 bits per heavy atom. The van der Waals surface area contributed by atoms with Crippen molar-refractivity contribution in [1.82, 2.24) is 0 Å². The number of ether oxygens (including phenoxy) is 1. The van der Waals surface area contributed by atoms with Crippen molar-refractivity contribution in [2.24, 2.45) is 0 Å². The Morgan fingerprint density at radius 3 is 2.90 bits per heavy atom. The van der Waals surface area contributed by atoms with Gasteiger partial charge in [-0.2, -0.15) is 0 Å². The zero-order valence-electron chi connectivity index (χ0n) is 6.04. The number of aldehydes is 1. The first-order valence-corrected chi connectivity index (χ1v) is 3.47. The predicted octanol–water partition coefficient (Wildman–Crippen LogP) is 0.115.